The minimum absolute atomic E-state index is 1.25. The molecular formula is C23H44O2. The lowest BCUT2D eigenvalue weighted by Gasteiger charge is -1.69. The summed E-state index contributed by atoms with van der Waals surface area (Å²) in [6.45, 7) is 12.2. The Morgan fingerprint density at radius 2 is 0.440 bits per heavy atom. The van der Waals surface area contributed by atoms with E-state index in [0.717, 1.165) is 0 Å². The van der Waals surface area contributed by atoms with Crippen LogP contribution in [0.15, 0.2) is 72.8 Å². The van der Waals surface area contributed by atoms with Crippen LogP contribution in [0.3, 0.4) is 0 Å². The normalized spacial score (nSPS) is 6.48. The summed E-state index contributed by atoms with van der Waals surface area (Å²) in [5.41, 5.74) is 0. The molecular weight excluding hydrogens is 308 g/mol. The van der Waals surface area contributed by atoms with Crippen molar-refractivity contribution >= 4 is 0 Å². The smallest absolute Gasteiger partial charge is 0.0351 e. The average molecular weight is 353 g/mol. The maximum Gasteiger partial charge on any atom is 0.0351 e. The zero-order valence-electron chi connectivity index (χ0n) is 18.5. The second-order valence-electron chi connectivity index (χ2n) is 3.83. The molecule has 0 aliphatic heterocycles. The van der Waals surface area contributed by atoms with Gasteiger partial charge in [0.05, 0.1) is 0 Å². The molecule has 25 heavy (non-hydrogen) atoms. The van der Waals surface area contributed by atoms with E-state index in [1.807, 2.05) is 100 Å². The third-order valence-corrected chi connectivity index (χ3v) is 1.33. The molecule has 0 amide bonds. The monoisotopic (exact) mass is 352 g/mol. The Bertz CT molecular complexity index is 220. The predicted octanol–water partition coefficient (Wildman–Crippen LogP) is 7.37. The van der Waals surface area contributed by atoms with Gasteiger partial charge in [0, 0.05) is 28.4 Å². The maximum atomic E-state index is 4.25. The van der Waals surface area contributed by atoms with Gasteiger partial charge in [-0.1, -0.05) is 121 Å². The molecule has 0 spiro atoms. The Morgan fingerprint density at radius 1 is 0.400 bits per heavy atom. The van der Waals surface area contributed by atoms with Gasteiger partial charge in [-0.25, -0.2) is 0 Å². The molecule has 0 aliphatic carbocycles. The lowest BCUT2D eigenvalue weighted by Crippen LogP contribution is -1.55. The number of methoxy groups -OCH3 is 2. The number of rotatable bonds is 0. The number of hydrogen-bond donors (Lipinski definition) is 0. The standard InChI is InChI=1S/2C6H6.C3H8.2C2H6O.2C2H6/c2*1-2-4-6-5-3-1;3*1-3-2;2*1-2/h2*1-6H;3H2,1-2H3;2*1-2H3;2*1-2H3. The first-order valence-corrected chi connectivity index (χ1v) is 9.05. The van der Waals surface area contributed by atoms with E-state index in [-0.39, 0.29) is 0 Å². The van der Waals surface area contributed by atoms with Crippen LogP contribution >= 0.6 is 0 Å². The van der Waals surface area contributed by atoms with E-state index in [2.05, 4.69) is 23.3 Å². The lowest BCUT2D eigenvalue weighted by molar-refractivity contribution is 0.277. The minimum atomic E-state index is 1.25. The Labute approximate surface area is 159 Å². The molecule has 0 unspecified atom stereocenters. The van der Waals surface area contributed by atoms with Crippen molar-refractivity contribution in [2.75, 3.05) is 28.4 Å². The van der Waals surface area contributed by atoms with Crippen molar-refractivity contribution in [2.45, 2.75) is 48.0 Å². The van der Waals surface area contributed by atoms with Gasteiger partial charge in [-0.3, -0.25) is 0 Å². The van der Waals surface area contributed by atoms with Crippen LogP contribution in [-0.2, 0) is 9.47 Å². The van der Waals surface area contributed by atoms with E-state index in [0.29, 0.717) is 0 Å². The highest BCUT2D eigenvalue weighted by Gasteiger charge is 1.58. The van der Waals surface area contributed by atoms with Gasteiger partial charge in [0.15, 0.2) is 0 Å². The van der Waals surface area contributed by atoms with Crippen LogP contribution in [0.25, 0.3) is 0 Å². The van der Waals surface area contributed by atoms with E-state index >= 15 is 0 Å². The Kier molecular flexibility index (Phi) is 79.2. The molecule has 0 aliphatic rings. The summed E-state index contributed by atoms with van der Waals surface area (Å²) in [4.78, 5) is 0. The minimum Gasteiger partial charge on any atom is -0.388 e. The second-order valence-corrected chi connectivity index (χ2v) is 3.83. The molecule has 2 aromatic carbocycles. The number of ether oxygens (including phenoxy) is 2. The maximum absolute atomic E-state index is 4.25. The molecule has 0 atom stereocenters. The van der Waals surface area contributed by atoms with Gasteiger partial charge in [0.2, 0.25) is 0 Å². The first-order chi connectivity index (χ1) is 12.2. The largest absolute Gasteiger partial charge is 0.388 e. The molecule has 2 aromatic rings. The fourth-order valence-corrected chi connectivity index (χ4v) is 0.770. The van der Waals surface area contributed by atoms with Crippen molar-refractivity contribution in [1.29, 1.82) is 0 Å². The lowest BCUT2D eigenvalue weighted by atomic mass is 10.4. The van der Waals surface area contributed by atoms with Crippen molar-refractivity contribution in [1.82, 2.24) is 0 Å². The molecule has 0 fully saturated rings. The topological polar surface area (TPSA) is 18.5 Å². The van der Waals surface area contributed by atoms with Gasteiger partial charge in [-0.05, 0) is 0 Å². The Morgan fingerprint density at radius 3 is 0.480 bits per heavy atom. The van der Waals surface area contributed by atoms with Crippen LogP contribution in [-0.4, -0.2) is 28.4 Å². The zero-order chi connectivity index (χ0) is 20.6. The third-order valence-electron chi connectivity index (χ3n) is 1.33. The number of benzene rings is 2. The van der Waals surface area contributed by atoms with Gasteiger partial charge < -0.3 is 9.47 Å². The van der Waals surface area contributed by atoms with Gasteiger partial charge in [-0.2, -0.15) is 0 Å². The summed E-state index contributed by atoms with van der Waals surface area (Å²) < 4.78 is 8.50. The first kappa shape index (κ1) is 34.6. The van der Waals surface area contributed by atoms with E-state index in [4.69, 9.17) is 0 Å². The Hall–Kier alpha value is -1.64. The van der Waals surface area contributed by atoms with E-state index < -0.39 is 0 Å². The van der Waals surface area contributed by atoms with Crippen LogP contribution in [0.2, 0.25) is 0 Å². The number of hydrogen-bond acceptors (Lipinski definition) is 2. The highest BCUT2D eigenvalue weighted by atomic mass is 16.5. The summed E-state index contributed by atoms with van der Waals surface area (Å²) in [5.74, 6) is 0. The van der Waals surface area contributed by atoms with Crippen molar-refractivity contribution in [2.24, 2.45) is 0 Å². The molecule has 0 N–H and O–H groups in total. The molecule has 0 saturated heterocycles. The molecule has 0 radical (unpaired) electrons. The van der Waals surface area contributed by atoms with Crippen LogP contribution in [0.1, 0.15) is 48.0 Å². The fraction of sp³-hybridized carbons (Fsp3) is 0.478. The van der Waals surface area contributed by atoms with Gasteiger partial charge in [0.1, 0.15) is 0 Å². The van der Waals surface area contributed by atoms with E-state index in [1.165, 1.54) is 6.42 Å². The summed E-state index contributed by atoms with van der Waals surface area (Å²) in [6, 6.07) is 24.0. The molecule has 2 rings (SSSR count). The third kappa shape index (κ3) is 86.4. The fourth-order valence-electron chi connectivity index (χ4n) is 0.770. The van der Waals surface area contributed by atoms with Gasteiger partial charge in [-0.15, -0.1) is 0 Å². The Balaban J connectivity index is -0.0000000661. The van der Waals surface area contributed by atoms with Gasteiger partial charge in [0.25, 0.3) is 0 Å². The SMILES string of the molecule is CC.CC.CCC.COC.COC.c1ccccc1.c1ccccc1. The molecule has 2 heteroatoms. The summed E-state index contributed by atoms with van der Waals surface area (Å²) in [7, 11) is 6.50. The van der Waals surface area contributed by atoms with E-state index in [9.17, 15) is 0 Å². The molecule has 0 saturated carbocycles. The molecule has 148 valence electrons. The molecule has 0 heterocycles. The summed E-state index contributed by atoms with van der Waals surface area (Å²) >= 11 is 0. The summed E-state index contributed by atoms with van der Waals surface area (Å²) in [6.07, 6.45) is 1.25. The highest BCUT2D eigenvalue weighted by Crippen LogP contribution is 1.80. The van der Waals surface area contributed by atoms with Crippen LogP contribution < -0.4 is 0 Å². The highest BCUT2D eigenvalue weighted by molar-refractivity contribution is 4.99. The van der Waals surface area contributed by atoms with Crippen molar-refractivity contribution in [3.63, 3.8) is 0 Å². The first-order valence-electron chi connectivity index (χ1n) is 9.05. The molecule has 0 bridgehead atoms. The zero-order valence-corrected chi connectivity index (χ0v) is 18.5. The second kappa shape index (κ2) is 57.2. The quantitative estimate of drug-likeness (QED) is 0.493. The van der Waals surface area contributed by atoms with Crippen molar-refractivity contribution in [3.8, 4) is 0 Å². The summed E-state index contributed by atoms with van der Waals surface area (Å²) in [5, 5.41) is 0. The van der Waals surface area contributed by atoms with Crippen molar-refractivity contribution in [3.05, 3.63) is 72.8 Å². The van der Waals surface area contributed by atoms with Crippen molar-refractivity contribution < 1.29 is 9.47 Å². The predicted molar refractivity (Wildman–Crippen MR) is 117 cm³/mol. The molecule has 0 aromatic heterocycles. The average Bonchev–Trinajstić information content (AvgIpc) is 2.70. The van der Waals surface area contributed by atoms with Crippen LogP contribution in [0, 0.1) is 0 Å². The van der Waals surface area contributed by atoms with Crippen LogP contribution in [0.5, 0.6) is 0 Å². The van der Waals surface area contributed by atoms with E-state index in [1.54, 1.807) is 28.4 Å². The van der Waals surface area contributed by atoms with Crippen LogP contribution in [0.4, 0.5) is 0 Å². The van der Waals surface area contributed by atoms with Gasteiger partial charge >= 0.3 is 0 Å². The molecule has 2 nitrogen and oxygen atoms in total.